The van der Waals surface area contributed by atoms with Gasteiger partial charge in [0.15, 0.2) is 5.16 Å². The van der Waals surface area contributed by atoms with Gasteiger partial charge in [0.05, 0.1) is 5.75 Å². The number of imide groups is 1. The van der Waals surface area contributed by atoms with Crippen molar-refractivity contribution < 1.29 is 9.59 Å². The van der Waals surface area contributed by atoms with Crippen LogP contribution in [0.2, 0.25) is 0 Å². The van der Waals surface area contributed by atoms with Gasteiger partial charge >= 0.3 is 5.69 Å². The fraction of sp³-hybridized carbons (Fsp3) is 0.600. The van der Waals surface area contributed by atoms with Crippen LogP contribution in [0.4, 0.5) is 0 Å². The molecule has 1 aromatic heterocycles. The highest BCUT2D eigenvalue weighted by molar-refractivity contribution is 7.99. The molecule has 0 spiro atoms. The summed E-state index contributed by atoms with van der Waals surface area (Å²) < 4.78 is 1.50. The Bertz CT molecular complexity index is 480. The third-order valence-electron chi connectivity index (χ3n) is 2.11. The molecule has 2 amide bonds. The summed E-state index contributed by atoms with van der Waals surface area (Å²) in [5.41, 5.74) is -0.280. The minimum Gasteiger partial charge on any atom is -0.296 e. The molecule has 1 aromatic rings. The van der Waals surface area contributed by atoms with Gasteiger partial charge in [-0.3, -0.25) is 19.5 Å². The fourth-order valence-corrected chi connectivity index (χ4v) is 2.06. The maximum Gasteiger partial charge on any atom is 0.343 e. The van der Waals surface area contributed by atoms with Crippen molar-refractivity contribution in [1.82, 2.24) is 20.1 Å². The van der Waals surface area contributed by atoms with Gasteiger partial charge < -0.3 is 0 Å². The molecule has 0 unspecified atom stereocenters. The molecular formula is C10H16N4O3S. The summed E-state index contributed by atoms with van der Waals surface area (Å²) >= 11 is 1.12. The van der Waals surface area contributed by atoms with E-state index in [1.54, 1.807) is 0 Å². The second-order valence-corrected chi connectivity index (χ2v) is 4.65. The predicted octanol–water partition coefficient (Wildman–Crippen LogP) is 0.126. The van der Waals surface area contributed by atoms with Gasteiger partial charge in [-0.1, -0.05) is 25.1 Å². The minimum atomic E-state index is -0.398. The number of unbranched alkanes of at least 4 members (excludes halogenated alkanes) is 1. The van der Waals surface area contributed by atoms with E-state index in [9.17, 15) is 14.4 Å². The molecular weight excluding hydrogens is 256 g/mol. The molecule has 2 N–H and O–H groups in total. The number of aromatic nitrogens is 3. The molecule has 0 fully saturated rings. The molecule has 0 aromatic carbocycles. The summed E-state index contributed by atoms with van der Waals surface area (Å²) in [4.78, 5) is 33.4. The highest BCUT2D eigenvalue weighted by Crippen LogP contribution is 2.13. The van der Waals surface area contributed by atoms with E-state index in [-0.39, 0.29) is 11.4 Å². The summed E-state index contributed by atoms with van der Waals surface area (Å²) in [6.07, 6.45) is 1.83. The number of nitrogens with one attached hydrogen (secondary N) is 2. The fourth-order valence-electron chi connectivity index (χ4n) is 1.29. The Labute approximate surface area is 108 Å². The maximum absolute atomic E-state index is 11.4. The normalized spacial score (nSPS) is 10.3. The SMILES string of the molecule is CCCCn1c(SCC(=O)NC(C)=O)n[nH]c1=O. The summed E-state index contributed by atoms with van der Waals surface area (Å²) in [5, 5.41) is 8.82. The monoisotopic (exact) mass is 272 g/mol. The van der Waals surface area contributed by atoms with Gasteiger partial charge in [-0.2, -0.15) is 0 Å². The van der Waals surface area contributed by atoms with E-state index >= 15 is 0 Å². The first-order chi connectivity index (χ1) is 8.54. The average Bonchev–Trinajstić information content (AvgIpc) is 2.64. The van der Waals surface area contributed by atoms with Crippen LogP contribution in [0, 0.1) is 0 Å². The molecule has 0 saturated carbocycles. The number of aromatic amines is 1. The molecule has 0 atom stereocenters. The Morgan fingerprint density at radius 1 is 1.50 bits per heavy atom. The van der Waals surface area contributed by atoms with Crippen LogP contribution in [0.3, 0.4) is 0 Å². The molecule has 0 aliphatic heterocycles. The largest absolute Gasteiger partial charge is 0.343 e. The first-order valence-electron chi connectivity index (χ1n) is 5.63. The highest BCUT2D eigenvalue weighted by Gasteiger charge is 2.11. The number of amides is 2. The van der Waals surface area contributed by atoms with Gasteiger partial charge in [0.25, 0.3) is 0 Å². The van der Waals surface area contributed by atoms with Crippen LogP contribution in [-0.2, 0) is 16.1 Å². The van der Waals surface area contributed by atoms with Gasteiger partial charge in [0.2, 0.25) is 11.8 Å². The molecule has 100 valence electrons. The Morgan fingerprint density at radius 3 is 2.83 bits per heavy atom. The molecule has 1 heterocycles. The zero-order valence-corrected chi connectivity index (χ0v) is 11.2. The predicted molar refractivity (Wildman–Crippen MR) is 67.3 cm³/mol. The minimum absolute atomic E-state index is 0.0516. The topological polar surface area (TPSA) is 96.8 Å². The van der Waals surface area contributed by atoms with Crippen molar-refractivity contribution in [3.05, 3.63) is 10.5 Å². The first kappa shape index (κ1) is 14.5. The lowest BCUT2D eigenvalue weighted by Crippen LogP contribution is -2.29. The summed E-state index contributed by atoms with van der Waals surface area (Å²) in [6, 6.07) is 0. The Balaban J connectivity index is 2.59. The number of carbonyl (C=O) groups is 2. The van der Waals surface area contributed by atoms with Crippen molar-refractivity contribution >= 4 is 23.6 Å². The molecule has 0 aliphatic carbocycles. The lowest BCUT2D eigenvalue weighted by Gasteiger charge is -2.04. The maximum atomic E-state index is 11.4. The van der Waals surface area contributed by atoms with E-state index in [0.717, 1.165) is 24.6 Å². The number of nitrogens with zero attached hydrogens (tertiary/aromatic N) is 2. The van der Waals surface area contributed by atoms with Crippen molar-refractivity contribution in [3.8, 4) is 0 Å². The Morgan fingerprint density at radius 2 is 2.22 bits per heavy atom. The van der Waals surface area contributed by atoms with E-state index in [1.807, 2.05) is 6.92 Å². The molecule has 1 rings (SSSR count). The van der Waals surface area contributed by atoms with Gasteiger partial charge in [0.1, 0.15) is 0 Å². The zero-order valence-electron chi connectivity index (χ0n) is 10.4. The molecule has 0 saturated heterocycles. The second-order valence-electron chi connectivity index (χ2n) is 3.71. The highest BCUT2D eigenvalue weighted by atomic mass is 32.2. The van der Waals surface area contributed by atoms with E-state index < -0.39 is 11.8 Å². The van der Waals surface area contributed by atoms with Crippen molar-refractivity contribution in [2.45, 2.75) is 38.4 Å². The van der Waals surface area contributed by atoms with Gasteiger partial charge in [-0.05, 0) is 6.42 Å². The lowest BCUT2D eigenvalue weighted by molar-refractivity contribution is -0.127. The smallest absolute Gasteiger partial charge is 0.296 e. The molecule has 0 bridgehead atoms. The number of hydrogen-bond donors (Lipinski definition) is 2. The molecule has 7 nitrogen and oxygen atoms in total. The lowest BCUT2D eigenvalue weighted by atomic mass is 10.3. The molecule has 8 heteroatoms. The van der Waals surface area contributed by atoms with Crippen molar-refractivity contribution in [1.29, 1.82) is 0 Å². The van der Waals surface area contributed by atoms with Crippen LogP contribution in [0.15, 0.2) is 9.95 Å². The van der Waals surface area contributed by atoms with Crippen LogP contribution >= 0.6 is 11.8 Å². The van der Waals surface area contributed by atoms with Crippen molar-refractivity contribution in [2.75, 3.05) is 5.75 Å². The number of rotatable bonds is 6. The first-order valence-corrected chi connectivity index (χ1v) is 6.61. The van der Waals surface area contributed by atoms with E-state index in [0.29, 0.717) is 11.7 Å². The summed E-state index contributed by atoms with van der Waals surface area (Å²) in [5.74, 6) is -0.744. The number of thioether (sulfide) groups is 1. The van der Waals surface area contributed by atoms with Gasteiger partial charge in [-0.25, -0.2) is 9.89 Å². The quantitative estimate of drug-likeness (QED) is 0.717. The van der Waals surface area contributed by atoms with Crippen LogP contribution < -0.4 is 11.0 Å². The van der Waals surface area contributed by atoms with Gasteiger partial charge in [0, 0.05) is 13.5 Å². The van der Waals surface area contributed by atoms with E-state index in [4.69, 9.17) is 0 Å². The van der Waals surface area contributed by atoms with Gasteiger partial charge in [-0.15, -0.1) is 5.10 Å². The van der Waals surface area contributed by atoms with E-state index in [1.165, 1.54) is 11.5 Å². The van der Waals surface area contributed by atoms with Crippen molar-refractivity contribution in [3.63, 3.8) is 0 Å². The van der Waals surface area contributed by atoms with E-state index in [2.05, 4.69) is 15.5 Å². The Hall–Kier alpha value is -1.57. The zero-order chi connectivity index (χ0) is 13.5. The molecule has 18 heavy (non-hydrogen) atoms. The Kier molecular flexibility index (Phi) is 5.63. The summed E-state index contributed by atoms with van der Waals surface area (Å²) in [7, 11) is 0. The van der Waals surface area contributed by atoms with Crippen molar-refractivity contribution in [2.24, 2.45) is 0 Å². The third-order valence-corrected chi connectivity index (χ3v) is 3.08. The average molecular weight is 272 g/mol. The van der Waals surface area contributed by atoms with Crippen LogP contribution in [0.1, 0.15) is 26.7 Å². The second kappa shape index (κ2) is 7.00. The molecule has 0 radical (unpaired) electrons. The summed E-state index contributed by atoms with van der Waals surface area (Å²) in [6.45, 7) is 3.87. The number of H-pyrrole nitrogens is 1. The van der Waals surface area contributed by atoms with Crippen LogP contribution in [0.25, 0.3) is 0 Å². The number of carbonyl (C=O) groups excluding carboxylic acids is 2. The third kappa shape index (κ3) is 4.36. The molecule has 0 aliphatic rings. The van der Waals surface area contributed by atoms with Crippen LogP contribution in [-0.4, -0.2) is 32.3 Å². The van der Waals surface area contributed by atoms with Crippen LogP contribution in [0.5, 0.6) is 0 Å². The standard InChI is InChI=1S/C10H16N4O3S/c1-3-4-5-14-9(17)12-13-10(14)18-6-8(16)11-7(2)15/h3-6H2,1-2H3,(H,12,17)(H,11,15,16). The number of hydrogen-bond acceptors (Lipinski definition) is 5.